The Labute approximate surface area is 93.0 Å². The van der Waals surface area contributed by atoms with Crippen molar-refractivity contribution in [3.8, 4) is 0 Å². The van der Waals surface area contributed by atoms with Crippen LogP contribution in [0.4, 0.5) is 0 Å². The van der Waals surface area contributed by atoms with E-state index in [-0.39, 0.29) is 11.4 Å². The van der Waals surface area contributed by atoms with Crippen LogP contribution in [0.15, 0.2) is 22.8 Å². The Morgan fingerprint density at radius 1 is 1.60 bits per heavy atom. The van der Waals surface area contributed by atoms with E-state index in [0.717, 1.165) is 0 Å². The average Bonchev–Trinajstić information content (AvgIpc) is 2.64. The summed E-state index contributed by atoms with van der Waals surface area (Å²) >= 11 is -1.22. The van der Waals surface area contributed by atoms with Gasteiger partial charge in [0.05, 0.1) is 12.9 Å². The fraction of sp³-hybridized carbons (Fsp3) is 0.600. The zero-order chi connectivity index (χ0) is 11.5. The van der Waals surface area contributed by atoms with Crippen molar-refractivity contribution >= 4 is 11.4 Å². The van der Waals surface area contributed by atoms with Crippen LogP contribution in [0.3, 0.4) is 0 Å². The molecule has 0 amide bonds. The molecule has 0 saturated heterocycles. The standard InChI is InChI=1S/C10H17NO3S/c1-10(2,3)15(13)11-8(7-12)9-5-4-6-14-9/h4-6,8,11-12H,7H2,1-3H3/t8-,15?/m0/s1. The maximum absolute atomic E-state index is 11.8. The van der Waals surface area contributed by atoms with Gasteiger partial charge < -0.3 is 14.1 Å². The number of aliphatic hydroxyl groups excluding tert-OH is 1. The SMILES string of the molecule is CC(C)(C)[S+]([O-])N[C@@H](CO)c1ccco1. The molecule has 1 heterocycles. The zero-order valence-electron chi connectivity index (χ0n) is 9.19. The summed E-state index contributed by atoms with van der Waals surface area (Å²) in [5.41, 5.74) is 0. The summed E-state index contributed by atoms with van der Waals surface area (Å²) in [5.74, 6) is 0.593. The van der Waals surface area contributed by atoms with Gasteiger partial charge in [-0.05, 0) is 32.9 Å². The van der Waals surface area contributed by atoms with Crippen LogP contribution in [0.1, 0.15) is 32.6 Å². The van der Waals surface area contributed by atoms with Crippen molar-refractivity contribution < 1.29 is 14.1 Å². The first-order valence-corrected chi connectivity index (χ1v) is 5.92. The number of aliphatic hydroxyl groups is 1. The lowest BCUT2D eigenvalue weighted by Crippen LogP contribution is -2.42. The molecule has 15 heavy (non-hydrogen) atoms. The van der Waals surface area contributed by atoms with Gasteiger partial charge in [0.25, 0.3) is 0 Å². The predicted molar refractivity (Wildman–Crippen MR) is 59.6 cm³/mol. The fourth-order valence-electron chi connectivity index (χ4n) is 0.981. The maximum atomic E-state index is 11.8. The summed E-state index contributed by atoms with van der Waals surface area (Å²) in [6.07, 6.45) is 1.53. The Kier molecular flexibility index (Phi) is 4.21. The number of hydrogen-bond donors (Lipinski definition) is 2. The smallest absolute Gasteiger partial charge is 0.136 e. The highest BCUT2D eigenvalue weighted by Crippen LogP contribution is 2.19. The van der Waals surface area contributed by atoms with Crippen LogP contribution in [0.25, 0.3) is 0 Å². The largest absolute Gasteiger partial charge is 0.598 e. The fourth-order valence-corrected chi connectivity index (χ4v) is 1.78. The Morgan fingerprint density at radius 3 is 2.67 bits per heavy atom. The lowest BCUT2D eigenvalue weighted by atomic mass is 10.2. The van der Waals surface area contributed by atoms with Crippen molar-refractivity contribution in [2.45, 2.75) is 31.6 Å². The molecule has 4 nitrogen and oxygen atoms in total. The van der Waals surface area contributed by atoms with Crippen molar-refractivity contribution in [2.24, 2.45) is 0 Å². The molecule has 0 saturated carbocycles. The Bertz CT molecular complexity index is 281. The number of hydrogen-bond acceptors (Lipinski definition) is 4. The lowest BCUT2D eigenvalue weighted by Gasteiger charge is -2.26. The third kappa shape index (κ3) is 3.53. The third-order valence-corrected chi connectivity index (χ3v) is 3.49. The molecule has 1 rings (SSSR count). The van der Waals surface area contributed by atoms with E-state index in [1.54, 1.807) is 12.1 Å². The summed E-state index contributed by atoms with van der Waals surface area (Å²) in [5, 5.41) is 9.16. The summed E-state index contributed by atoms with van der Waals surface area (Å²) in [4.78, 5) is 0. The summed E-state index contributed by atoms with van der Waals surface area (Å²) in [6, 6.07) is 3.06. The lowest BCUT2D eigenvalue weighted by molar-refractivity contribution is 0.241. The van der Waals surface area contributed by atoms with Crippen LogP contribution in [-0.4, -0.2) is 21.0 Å². The van der Waals surface area contributed by atoms with Crippen LogP contribution in [0, 0.1) is 0 Å². The molecule has 0 aliphatic heterocycles. The van der Waals surface area contributed by atoms with Crippen LogP contribution in [-0.2, 0) is 11.4 Å². The molecule has 0 bridgehead atoms. The number of furan rings is 1. The molecule has 0 aromatic carbocycles. The van der Waals surface area contributed by atoms with Gasteiger partial charge in [-0.15, -0.1) is 4.72 Å². The topological polar surface area (TPSA) is 68.5 Å². The number of rotatable bonds is 4. The van der Waals surface area contributed by atoms with Crippen LogP contribution in [0.5, 0.6) is 0 Å². The molecule has 2 N–H and O–H groups in total. The second-order valence-corrected chi connectivity index (χ2v) is 6.25. The third-order valence-electron chi connectivity index (χ3n) is 1.87. The van der Waals surface area contributed by atoms with Crippen molar-refractivity contribution in [2.75, 3.05) is 6.61 Å². The van der Waals surface area contributed by atoms with E-state index in [4.69, 9.17) is 9.52 Å². The van der Waals surface area contributed by atoms with Gasteiger partial charge >= 0.3 is 0 Å². The average molecular weight is 231 g/mol. The maximum Gasteiger partial charge on any atom is 0.136 e. The van der Waals surface area contributed by atoms with E-state index >= 15 is 0 Å². The van der Waals surface area contributed by atoms with Crippen molar-refractivity contribution in [1.82, 2.24) is 4.72 Å². The Balaban J connectivity index is 2.63. The Morgan fingerprint density at radius 2 is 2.27 bits per heavy atom. The molecular weight excluding hydrogens is 214 g/mol. The first kappa shape index (κ1) is 12.6. The van der Waals surface area contributed by atoms with Crippen molar-refractivity contribution in [3.63, 3.8) is 0 Å². The first-order chi connectivity index (χ1) is 6.95. The molecule has 0 aliphatic carbocycles. The molecule has 0 radical (unpaired) electrons. The molecule has 86 valence electrons. The van der Waals surface area contributed by atoms with Gasteiger partial charge in [-0.1, -0.05) is 0 Å². The normalized spacial score (nSPS) is 16.3. The minimum absolute atomic E-state index is 0.144. The zero-order valence-corrected chi connectivity index (χ0v) is 10.0. The summed E-state index contributed by atoms with van der Waals surface area (Å²) in [7, 11) is 0. The minimum atomic E-state index is -1.22. The quantitative estimate of drug-likeness (QED) is 0.768. The van der Waals surface area contributed by atoms with E-state index in [2.05, 4.69) is 4.72 Å². The molecular formula is C10H17NO3S. The Hall–Kier alpha value is -0.490. The van der Waals surface area contributed by atoms with Crippen LogP contribution < -0.4 is 4.72 Å². The highest BCUT2D eigenvalue weighted by atomic mass is 32.2. The molecule has 0 fully saturated rings. The number of nitrogens with one attached hydrogen (secondary N) is 1. The second-order valence-electron chi connectivity index (χ2n) is 4.25. The van der Waals surface area contributed by atoms with Gasteiger partial charge in [-0.2, -0.15) is 0 Å². The molecule has 5 heteroatoms. The van der Waals surface area contributed by atoms with Crippen LogP contribution >= 0.6 is 0 Å². The summed E-state index contributed by atoms with van der Waals surface area (Å²) < 4.78 is 19.4. The van der Waals surface area contributed by atoms with E-state index in [1.807, 2.05) is 20.8 Å². The molecule has 2 atom stereocenters. The highest BCUT2D eigenvalue weighted by molar-refractivity contribution is 7.90. The van der Waals surface area contributed by atoms with E-state index in [0.29, 0.717) is 5.76 Å². The van der Waals surface area contributed by atoms with Gasteiger partial charge in [0.15, 0.2) is 0 Å². The van der Waals surface area contributed by atoms with Crippen molar-refractivity contribution in [3.05, 3.63) is 24.2 Å². The van der Waals surface area contributed by atoms with E-state index < -0.39 is 17.4 Å². The van der Waals surface area contributed by atoms with Gasteiger partial charge in [-0.3, -0.25) is 0 Å². The second kappa shape index (κ2) is 5.03. The minimum Gasteiger partial charge on any atom is -0.598 e. The van der Waals surface area contributed by atoms with Crippen molar-refractivity contribution in [1.29, 1.82) is 0 Å². The molecule has 1 aromatic heterocycles. The monoisotopic (exact) mass is 231 g/mol. The van der Waals surface area contributed by atoms with E-state index in [9.17, 15) is 4.55 Å². The molecule has 0 aliphatic rings. The predicted octanol–water partition coefficient (Wildman–Crippen LogP) is 1.36. The van der Waals surface area contributed by atoms with Crippen LogP contribution in [0.2, 0.25) is 0 Å². The van der Waals surface area contributed by atoms with Gasteiger partial charge in [0.2, 0.25) is 0 Å². The van der Waals surface area contributed by atoms with Gasteiger partial charge in [-0.25, -0.2) is 0 Å². The summed E-state index contributed by atoms with van der Waals surface area (Å²) in [6.45, 7) is 5.46. The van der Waals surface area contributed by atoms with Gasteiger partial charge in [0, 0.05) is 11.4 Å². The first-order valence-electron chi connectivity index (χ1n) is 4.77. The molecule has 1 unspecified atom stereocenters. The highest BCUT2D eigenvalue weighted by Gasteiger charge is 2.30. The van der Waals surface area contributed by atoms with Gasteiger partial charge in [0.1, 0.15) is 16.5 Å². The van der Waals surface area contributed by atoms with E-state index in [1.165, 1.54) is 6.26 Å². The molecule has 1 aromatic rings. The molecule has 0 spiro atoms.